The Morgan fingerprint density at radius 3 is 2.67 bits per heavy atom. The molecule has 0 radical (unpaired) electrons. The number of hydrogen-bond acceptors (Lipinski definition) is 1. The zero-order chi connectivity index (χ0) is 12.4. The molecule has 2 nitrogen and oxygen atoms in total. The lowest BCUT2D eigenvalue weighted by atomic mass is 9.84. The van der Waals surface area contributed by atoms with E-state index in [2.05, 4.69) is 59.8 Å². The molecule has 2 unspecified atom stereocenters. The van der Waals surface area contributed by atoms with Crippen LogP contribution in [0.1, 0.15) is 41.6 Å². The van der Waals surface area contributed by atoms with Gasteiger partial charge in [-0.1, -0.05) is 30.3 Å². The highest BCUT2D eigenvalue weighted by Crippen LogP contribution is 2.35. The second kappa shape index (κ2) is 4.99. The van der Waals surface area contributed by atoms with Gasteiger partial charge in [-0.2, -0.15) is 0 Å². The smallest absolute Gasteiger partial charge is 0.0326 e. The maximum atomic E-state index is 3.64. The number of hydrogen-bond donors (Lipinski definition) is 2. The summed E-state index contributed by atoms with van der Waals surface area (Å²) in [4.78, 5) is 3.30. The molecule has 2 aromatic rings. The van der Waals surface area contributed by atoms with Crippen LogP contribution in [0.25, 0.3) is 0 Å². The minimum atomic E-state index is 0.499. The lowest BCUT2D eigenvalue weighted by Gasteiger charge is -2.31. The van der Waals surface area contributed by atoms with E-state index in [0.29, 0.717) is 12.0 Å². The molecular weight excluding hydrogens is 220 g/mol. The maximum absolute atomic E-state index is 3.64. The van der Waals surface area contributed by atoms with E-state index in [-0.39, 0.29) is 0 Å². The Kier molecular flexibility index (Phi) is 3.20. The predicted molar refractivity (Wildman–Crippen MR) is 74.7 cm³/mol. The largest absolute Gasteiger partial charge is 0.365 e. The molecule has 1 aromatic heterocycles. The van der Waals surface area contributed by atoms with Gasteiger partial charge in [0.1, 0.15) is 0 Å². The SMILES string of the molecule is Cc1[nH]ccc1C1CCNC(c2ccccc2)C1. The van der Waals surface area contributed by atoms with Gasteiger partial charge in [0.25, 0.3) is 0 Å². The first-order valence-electron chi connectivity index (χ1n) is 6.77. The van der Waals surface area contributed by atoms with Gasteiger partial charge in [-0.15, -0.1) is 0 Å². The molecule has 0 bridgehead atoms. The highest BCUT2D eigenvalue weighted by molar-refractivity contribution is 5.27. The molecule has 2 heteroatoms. The van der Waals surface area contributed by atoms with Crippen LogP contribution in [0.2, 0.25) is 0 Å². The van der Waals surface area contributed by atoms with Crippen LogP contribution in [-0.4, -0.2) is 11.5 Å². The minimum absolute atomic E-state index is 0.499. The molecule has 1 aromatic carbocycles. The van der Waals surface area contributed by atoms with E-state index in [1.807, 2.05) is 0 Å². The highest BCUT2D eigenvalue weighted by Gasteiger charge is 2.24. The second-order valence-electron chi connectivity index (χ2n) is 5.20. The average molecular weight is 240 g/mol. The van der Waals surface area contributed by atoms with Crippen molar-refractivity contribution in [2.24, 2.45) is 0 Å². The lowest BCUT2D eigenvalue weighted by molar-refractivity contribution is 0.369. The number of aromatic nitrogens is 1. The molecule has 1 aliphatic rings. The summed E-state index contributed by atoms with van der Waals surface area (Å²) < 4.78 is 0. The first kappa shape index (κ1) is 11.5. The first-order valence-corrected chi connectivity index (χ1v) is 6.77. The molecule has 18 heavy (non-hydrogen) atoms. The summed E-state index contributed by atoms with van der Waals surface area (Å²) in [6.07, 6.45) is 4.49. The normalized spacial score (nSPS) is 24.1. The van der Waals surface area contributed by atoms with E-state index in [9.17, 15) is 0 Å². The summed E-state index contributed by atoms with van der Waals surface area (Å²) in [6.45, 7) is 3.28. The molecule has 1 aliphatic heterocycles. The molecule has 0 spiro atoms. The van der Waals surface area contributed by atoms with Crippen LogP contribution in [0, 0.1) is 6.92 Å². The summed E-state index contributed by atoms with van der Waals surface area (Å²) in [5.41, 5.74) is 4.24. The zero-order valence-electron chi connectivity index (χ0n) is 10.8. The number of aryl methyl sites for hydroxylation is 1. The molecule has 0 amide bonds. The fraction of sp³-hybridized carbons (Fsp3) is 0.375. The third kappa shape index (κ3) is 2.21. The van der Waals surface area contributed by atoms with Crippen molar-refractivity contribution in [1.82, 2.24) is 10.3 Å². The second-order valence-corrected chi connectivity index (χ2v) is 5.20. The van der Waals surface area contributed by atoms with Crippen molar-refractivity contribution in [3.8, 4) is 0 Å². The minimum Gasteiger partial charge on any atom is -0.365 e. The number of rotatable bonds is 2. The van der Waals surface area contributed by atoms with Crippen LogP contribution in [0.15, 0.2) is 42.6 Å². The molecular formula is C16H20N2. The molecule has 3 rings (SSSR count). The Labute approximate surface area is 108 Å². The summed E-state index contributed by atoms with van der Waals surface area (Å²) in [6, 6.07) is 13.5. The predicted octanol–water partition coefficient (Wildman–Crippen LogP) is 3.53. The molecule has 0 aliphatic carbocycles. The van der Waals surface area contributed by atoms with Crippen LogP contribution in [-0.2, 0) is 0 Å². The maximum Gasteiger partial charge on any atom is 0.0326 e. The van der Waals surface area contributed by atoms with Crippen LogP contribution in [0.5, 0.6) is 0 Å². The van der Waals surface area contributed by atoms with Crippen molar-refractivity contribution in [3.05, 3.63) is 59.4 Å². The standard InChI is InChI=1S/C16H20N2/c1-12-15(8-10-17-12)14-7-9-18-16(11-14)13-5-3-2-4-6-13/h2-6,8,10,14,16-18H,7,9,11H2,1H3. The van der Waals surface area contributed by atoms with Gasteiger partial charge in [0.05, 0.1) is 0 Å². The summed E-state index contributed by atoms with van der Waals surface area (Å²) in [7, 11) is 0. The van der Waals surface area contributed by atoms with Crippen LogP contribution in [0.4, 0.5) is 0 Å². The van der Waals surface area contributed by atoms with Gasteiger partial charge < -0.3 is 10.3 Å². The number of H-pyrrole nitrogens is 1. The lowest BCUT2D eigenvalue weighted by Crippen LogP contribution is -2.30. The monoisotopic (exact) mass is 240 g/mol. The van der Waals surface area contributed by atoms with Crippen LogP contribution < -0.4 is 5.32 Å². The van der Waals surface area contributed by atoms with E-state index < -0.39 is 0 Å². The van der Waals surface area contributed by atoms with Gasteiger partial charge in [0.15, 0.2) is 0 Å². The third-order valence-electron chi connectivity index (χ3n) is 4.04. The number of nitrogens with one attached hydrogen (secondary N) is 2. The van der Waals surface area contributed by atoms with E-state index in [4.69, 9.17) is 0 Å². The quantitative estimate of drug-likeness (QED) is 0.825. The van der Waals surface area contributed by atoms with Crippen LogP contribution >= 0.6 is 0 Å². The summed E-state index contributed by atoms with van der Waals surface area (Å²) in [5.74, 6) is 0.683. The van der Waals surface area contributed by atoms with Crippen LogP contribution in [0.3, 0.4) is 0 Å². The number of piperidine rings is 1. The van der Waals surface area contributed by atoms with Gasteiger partial charge in [0.2, 0.25) is 0 Å². The summed E-state index contributed by atoms with van der Waals surface area (Å²) >= 11 is 0. The average Bonchev–Trinajstić information content (AvgIpc) is 2.86. The topological polar surface area (TPSA) is 27.8 Å². The first-order chi connectivity index (χ1) is 8.84. The molecule has 2 atom stereocenters. The molecule has 94 valence electrons. The molecule has 1 saturated heterocycles. The van der Waals surface area contributed by atoms with Gasteiger partial charge in [-0.3, -0.25) is 0 Å². The fourth-order valence-electron chi connectivity index (χ4n) is 3.05. The van der Waals surface area contributed by atoms with Gasteiger partial charge >= 0.3 is 0 Å². The highest BCUT2D eigenvalue weighted by atomic mass is 14.9. The van der Waals surface area contributed by atoms with Gasteiger partial charge in [-0.25, -0.2) is 0 Å². The summed E-state index contributed by atoms with van der Waals surface area (Å²) in [5, 5.41) is 3.64. The Morgan fingerprint density at radius 1 is 1.11 bits per heavy atom. The number of aromatic amines is 1. The van der Waals surface area contributed by atoms with E-state index >= 15 is 0 Å². The van der Waals surface area contributed by atoms with Crippen molar-refractivity contribution in [2.75, 3.05) is 6.54 Å². The van der Waals surface area contributed by atoms with E-state index in [1.165, 1.54) is 29.7 Å². The van der Waals surface area contributed by atoms with Crippen molar-refractivity contribution in [1.29, 1.82) is 0 Å². The van der Waals surface area contributed by atoms with Crippen molar-refractivity contribution in [2.45, 2.75) is 31.7 Å². The van der Waals surface area contributed by atoms with Crippen molar-refractivity contribution < 1.29 is 0 Å². The van der Waals surface area contributed by atoms with Crippen molar-refractivity contribution in [3.63, 3.8) is 0 Å². The Balaban J connectivity index is 1.79. The molecule has 1 fully saturated rings. The Morgan fingerprint density at radius 2 is 1.94 bits per heavy atom. The molecule has 2 N–H and O–H groups in total. The zero-order valence-corrected chi connectivity index (χ0v) is 10.8. The number of benzene rings is 1. The van der Waals surface area contributed by atoms with E-state index in [1.54, 1.807) is 0 Å². The Bertz CT molecular complexity index is 501. The van der Waals surface area contributed by atoms with Gasteiger partial charge in [-0.05, 0) is 49.4 Å². The Hall–Kier alpha value is -1.54. The molecule has 0 saturated carbocycles. The molecule has 2 heterocycles. The van der Waals surface area contributed by atoms with Gasteiger partial charge in [0, 0.05) is 17.9 Å². The van der Waals surface area contributed by atoms with Crippen molar-refractivity contribution >= 4 is 0 Å². The van der Waals surface area contributed by atoms with E-state index in [0.717, 1.165) is 6.54 Å². The third-order valence-corrected chi connectivity index (χ3v) is 4.04. The fourth-order valence-corrected chi connectivity index (χ4v) is 3.05.